The Hall–Kier alpha value is -0.800. The molecule has 0 aromatic heterocycles. The van der Waals surface area contributed by atoms with Crippen LogP contribution < -0.4 is 11.1 Å². The molecule has 1 aromatic rings. The van der Waals surface area contributed by atoms with Crippen molar-refractivity contribution in [2.75, 3.05) is 11.9 Å². The van der Waals surface area contributed by atoms with Crippen molar-refractivity contribution < 1.29 is 4.39 Å². The standard InChI is InChI=1S/C15H22ClFN2/c1-14(2)5-7-15(10-18,8-6-14)19-13-9-11(17)3-4-12(13)16/h3-4,9,19H,5-8,10,18H2,1-2H3. The third-order valence-electron chi connectivity index (χ3n) is 4.28. The molecule has 19 heavy (non-hydrogen) atoms. The fraction of sp³-hybridized carbons (Fsp3) is 0.600. The van der Waals surface area contributed by atoms with Gasteiger partial charge < -0.3 is 11.1 Å². The van der Waals surface area contributed by atoms with Gasteiger partial charge in [0.15, 0.2) is 0 Å². The highest BCUT2D eigenvalue weighted by molar-refractivity contribution is 6.33. The van der Waals surface area contributed by atoms with E-state index in [9.17, 15) is 4.39 Å². The first-order valence-corrected chi connectivity index (χ1v) is 7.17. The van der Waals surface area contributed by atoms with Crippen molar-refractivity contribution in [2.24, 2.45) is 11.1 Å². The van der Waals surface area contributed by atoms with Gasteiger partial charge in [-0.2, -0.15) is 0 Å². The molecule has 2 nitrogen and oxygen atoms in total. The van der Waals surface area contributed by atoms with Crippen LogP contribution >= 0.6 is 11.6 Å². The second-order valence-corrected chi connectivity index (χ2v) is 6.81. The summed E-state index contributed by atoms with van der Waals surface area (Å²) in [7, 11) is 0. The van der Waals surface area contributed by atoms with Crippen LogP contribution in [-0.4, -0.2) is 12.1 Å². The maximum Gasteiger partial charge on any atom is 0.125 e. The lowest BCUT2D eigenvalue weighted by atomic mass is 9.69. The summed E-state index contributed by atoms with van der Waals surface area (Å²) in [4.78, 5) is 0. The molecule has 0 amide bonds. The Kier molecular flexibility index (Phi) is 4.07. The van der Waals surface area contributed by atoms with Crippen LogP contribution in [0.1, 0.15) is 39.5 Å². The molecule has 0 atom stereocenters. The summed E-state index contributed by atoms with van der Waals surface area (Å²) in [5.74, 6) is -0.282. The first kappa shape index (κ1) is 14.6. The summed E-state index contributed by atoms with van der Waals surface area (Å²) in [5.41, 5.74) is 6.82. The smallest absolute Gasteiger partial charge is 0.125 e. The fourth-order valence-electron chi connectivity index (χ4n) is 2.66. The maximum atomic E-state index is 13.3. The van der Waals surface area contributed by atoms with E-state index in [0.29, 0.717) is 22.7 Å². The minimum absolute atomic E-state index is 0.160. The van der Waals surface area contributed by atoms with E-state index in [1.165, 1.54) is 12.1 Å². The zero-order chi connectivity index (χ0) is 14.1. The molecule has 1 aliphatic rings. The molecular formula is C15H22ClFN2. The number of hydrogen-bond donors (Lipinski definition) is 2. The van der Waals surface area contributed by atoms with Crippen LogP contribution in [0.4, 0.5) is 10.1 Å². The van der Waals surface area contributed by atoms with Gasteiger partial charge >= 0.3 is 0 Å². The minimum atomic E-state index is -0.282. The monoisotopic (exact) mass is 284 g/mol. The quantitative estimate of drug-likeness (QED) is 0.873. The Bertz CT molecular complexity index is 449. The first-order valence-electron chi connectivity index (χ1n) is 6.79. The van der Waals surface area contributed by atoms with Gasteiger partial charge in [-0.05, 0) is 49.3 Å². The molecule has 0 saturated heterocycles. The van der Waals surface area contributed by atoms with Gasteiger partial charge in [0.2, 0.25) is 0 Å². The van der Waals surface area contributed by atoms with Crippen LogP contribution in [0.15, 0.2) is 18.2 Å². The molecule has 1 fully saturated rings. The van der Waals surface area contributed by atoms with Crippen LogP contribution in [0, 0.1) is 11.2 Å². The lowest BCUT2D eigenvalue weighted by molar-refractivity contribution is 0.182. The fourth-order valence-corrected chi connectivity index (χ4v) is 2.83. The number of halogens is 2. The van der Waals surface area contributed by atoms with E-state index >= 15 is 0 Å². The molecule has 0 unspecified atom stereocenters. The molecule has 0 spiro atoms. The lowest BCUT2D eigenvalue weighted by Crippen LogP contribution is -2.49. The average molecular weight is 285 g/mol. The van der Waals surface area contributed by atoms with Crippen molar-refractivity contribution in [2.45, 2.75) is 45.1 Å². The van der Waals surface area contributed by atoms with E-state index in [2.05, 4.69) is 19.2 Å². The number of rotatable bonds is 3. The molecule has 1 aliphatic carbocycles. The van der Waals surface area contributed by atoms with Crippen molar-refractivity contribution in [3.8, 4) is 0 Å². The molecule has 0 bridgehead atoms. The molecular weight excluding hydrogens is 263 g/mol. The van der Waals surface area contributed by atoms with E-state index in [1.807, 2.05) is 0 Å². The third-order valence-corrected chi connectivity index (χ3v) is 4.61. The molecule has 2 rings (SSSR count). The lowest BCUT2D eigenvalue weighted by Gasteiger charge is -2.44. The number of anilines is 1. The highest BCUT2D eigenvalue weighted by Crippen LogP contribution is 2.42. The molecule has 3 N–H and O–H groups in total. The van der Waals surface area contributed by atoms with Crippen molar-refractivity contribution in [3.05, 3.63) is 29.0 Å². The molecule has 0 heterocycles. The second-order valence-electron chi connectivity index (χ2n) is 6.40. The minimum Gasteiger partial charge on any atom is -0.377 e. The Morgan fingerprint density at radius 3 is 2.47 bits per heavy atom. The zero-order valence-electron chi connectivity index (χ0n) is 11.6. The van der Waals surface area contributed by atoms with Gasteiger partial charge in [0.1, 0.15) is 5.82 Å². The largest absolute Gasteiger partial charge is 0.377 e. The van der Waals surface area contributed by atoms with Crippen molar-refractivity contribution in [1.29, 1.82) is 0 Å². The average Bonchev–Trinajstić information content (AvgIpc) is 2.37. The van der Waals surface area contributed by atoms with E-state index in [0.717, 1.165) is 25.7 Å². The number of benzene rings is 1. The molecule has 1 aromatic carbocycles. The summed E-state index contributed by atoms with van der Waals surface area (Å²) in [6.07, 6.45) is 4.21. The van der Waals surface area contributed by atoms with E-state index in [1.54, 1.807) is 6.07 Å². The molecule has 1 saturated carbocycles. The normalized spacial score (nSPS) is 21.1. The van der Waals surface area contributed by atoms with Gasteiger partial charge in [0.05, 0.1) is 10.7 Å². The van der Waals surface area contributed by atoms with Crippen molar-refractivity contribution in [1.82, 2.24) is 0 Å². The summed E-state index contributed by atoms with van der Waals surface area (Å²) in [5, 5.41) is 3.93. The van der Waals surface area contributed by atoms with Crippen LogP contribution in [0.2, 0.25) is 5.02 Å². The van der Waals surface area contributed by atoms with Gasteiger partial charge in [-0.3, -0.25) is 0 Å². The van der Waals surface area contributed by atoms with Crippen molar-refractivity contribution >= 4 is 17.3 Å². The summed E-state index contributed by atoms with van der Waals surface area (Å²) < 4.78 is 13.3. The summed E-state index contributed by atoms with van der Waals surface area (Å²) in [6.45, 7) is 5.10. The highest BCUT2D eigenvalue weighted by atomic mass is 35.5. The number of hydrogen-bond acceptors (Lipinski definition) is 2. The van der Waals surface area contributed by atoms with Gasteiger partial charge in [-0.25, -0.2) is 4.39 Å². The summed E-state index contributed by atoms with van der Waals surface area (Å²) >= 11 is 6.12. The third kappa shape index (κ3) is 3.40. The number of nitrogens with two attached hydrogens (primary N) is 1. The molecule has 4 heteroatoms. The molecule has 106 valence electrons. The first-order chi connectivity index (χ1) is 8.86. The highest BCUT2D eigenvalue weighted by Gasteiger charge is 2.37. The van der Waals surface area contributed by atoms with Gasteiger partial charge in [-0.15, -0.1) is 0 Å². The Morgan fingerprint density at radius 1 is 1.26 bits per heavy atom. The Labute approximate surface area is 119 Å². The van der Waals surface area contributed by atoms with E-state index in [-0.39, 0.29) is 11.4 Å². The van der Waals surface area contributed by atoms with Crippen LogP contribution in [-0.2, 0) is 0 Å². The SMILES string of the molecule is CC1(C)CCC(CN)(Nc2cc(F)ccc2Cl)CC1. The van der Waals surface area contributed by atoms with Gasteiger partial charge in [0, 0.05) is 12.1 Å². The summed E-state index contributed by atoms with van der Waals surface area (Å²) in [6, 6.07) is 4.39. The maximum absolute atomic E-state index is 13.3. The zero-order valence-corrected chi connectivity index (χ0v) is 12.4. The molecule has 0 aliphatic heterocycles. The van der Waals surface area contributed by atoms with E-state index < -0.39 is 0 Å². The van der Waals surface area contributed by atoms with Crippen LogP contribution in [0.3, 0.4) is 0 Å². The van der Waals surface area contributed by atoms with Crippen molar-refractivity contribution in [3.63, 3.8) is 0 Å². The Morgan fingerprint density at radius 2 is 1.89 bits per heavy atom. The second kappa shape index (κ2) is 5.29. The Balaban J connectivity index is 2.17. The van der Waals surface area contributed by atoms with Crippen LogP contribution in [0.25, 0.3) is 0 Å². The molecule has 0 radical (unpaired) electrons. The predicted molar refractivity (Wildman–Crippen MR) is 79.1 cm³/mol. The predicted octanol–water partition coefficient (Wildman–Crippen LogP) is 4.19. The van der Waals surface area contributed by atoms with E-state index in [4.69, 9.17) is 17.3 Å². The van der Waals surface area contributed by atoms with Crippen LogP contribution in [0.5, 0.6) is 0 Å². The topological polar surface area (TPSA) is 38.0 Å². The van der Waals surface area contributed by atoms with Gasteiger partial charge in [0.25, 0.3) is 0 Å². The number of nitrogens with one attached hydrogen (secondary N) is 1. The van der Waals surface area contributed by atoms with Gasteiger partial charge in [-0.1, -0.05) is 25.4 Å².